The van der Waals surface area contributed by atoms with Crippen molar-refractivity contribution >= 4 is 29.3 Å². The Bertz CT molecular complexity index is 881. The zero-order valence-electron chi connectivity index (χ0n) is 15.2. The van der Waals surface area contributed by atoms with Crippen molar-refractivity contribution in [2.24, 2.45) is 0 Å². The molecule has 1 aromatic heterocycles. The molecule has 0 spiro atoms. The van der Waals surface area contributed by atoms with E-state index in [1.165, 1.54) is 11.8 Å². The fourth-order valence-corrected chi connectivity index (χ4v) is 3.41. The van der Waals surface area contributed by atoms with Gasteiger partial charge in [-0.1, -0.05) is 12.1 Å². The number of aromatic nitrogens is 1. The number of hydrogen-bond donors (Lipinski definition) is 2. The first-order chi connectivity index (χ1) is 13.0. The van der Waals surface area contributed by atoms with Crippen molar-refractivity contribution in [1.82, 2.24) is 10.3 Å². The summed E-state index contributed by atoms with van der Waals surface area (Å²) in [7, 11) is 0. The van der Waals surface area contributed by atoms with Crippen LogP contribution in [0.5, 0.6) is 0 Å². The molecule has 0 bridgehead atoms. The lowest BCUT2D eigenvalue weighted by atomic mass is 10.1. The number of anilines is 1. The number of allylic oxidation sites excluding steroid dienone is 1. The minimum absolute atomic E-state index is 0.208. The Balaban J connectivity index is 1.70. The highest BCUT2D eigenvalue weighted by molar-refractivity contribution is 8.04. The molecule has 140 valence electrons. The number of carbonyl (C=O) groups is 2. The number of nitrogens with one attached hydrogen (secondary N) is 2. The predicted octanol–water partition coefficient (Wildman–Crippen LogP) is 3.25. The number of rotatable bonds is 5. The lowest BCUT2D eigenvalue weighted by Crippen LogP contribution is -2.23. The zero-order chi connectivity index (χ0) is 19.2. The van der Waals surface area contributed by atoms with E-state index in [9.17, 15) is 9.59 Å². The van der Waals surface area contributed by atoms with Crippen LogP contribution in [0.1, 0.15) is 28.4 Å². The Morgan fingerprint density at radius 3 is 2.81 bits per heavy atom. The van der Waals surface area contributed by atoms with Gasteiger partial charge in [0, 0.05) is 35.9 Å². The molecule has 0 saturated carbocycles. The molecular formula is C20H21N3O3S. The second kappa shape index (κ2) is 8.73. The summed E-state index contributed by atoms with van der Waals surface area (Å²) in [6.07, 6.45) is 3.40. The van der Waals surface area contributed by atoms with Crippen LogP contribution in [0, 0.1) is 6.92 Å². The molecule has 27 heavy (non-hydrogen) atoms. The SMILES string of the molecule is CC1=C(C(=O)Nc2cc(C(=O)NCc3cccnc3)ccc2C)SCCO1. The molecule has 0 atom stereocenters. The van der Waals surface area contributed by atoms with E-state index in [2.05, 4.69) is 15.6 Å². The van der Waals surface area contributed by atoms with Crippen molar-refractivity contribution < 1.29 is 14.3 Å². The third-order valence-electron chi connectivity index (χ3n) is 4.10. The average molecular weight is 383 g/mol. The molecule has 2 aromatic rings. The van der Waals surface area contributed by atoms with Crippen LogP contribution in [-0.2, 0) is 16.1 Å². The molecule has 0 radical (unpaired) electrons. The van der Waals surface area contributed by atoms with Crippen LogP contribution in [0.2, 0.25) is 0 Å². The molecule has 1 aliphatic heterocycles. The number of pyridine rings is 1. The van der Waals surface area contributed by atoms with Gasteiger partial charge in [0.15, 0.2) is 0 Å². The summed E-state index contributed by atoms with van der Waals surface area (Å²) in [4.78, 5) is 29.6. The molecule has 3 rings (SSSR count). The van der Waals surface area contributed by atoms with Crippen molar-refractivity contribution in [2.75, 3.05) is 17.7 Å². The van der Waals surface area contributed by atoms with Gasteiger partial charge in [0.1, 0.15) is 10.7 Å². The number of amides is 2. The van der Waals surface area contributed by atoms with Crippen molar-refractivity contribution in [1.29, 1.82) is 0 Å². The monoisotopic (exact) mass is 383 g/mol. The van der Waals surface area contributed by atoms with Gasteiger partial charge in [-0.2, -0.15) is 0 Å². The first-order valence-electron chi connectivity index (χ1n) is 8.60. The fourth-order valence-electron chi connectivity index (χ4n) is 2.60. The van der Waals surface area contributed by atoms with Gasteiger partial charge in [0.2, 0.25) is 0 Å². The third-order valence-corrected chi connectivity index (χ3v) is 5.23. The summed E-state index contributed by atoms with van der Waals surface area (Å²) >= 11 is 1.48. The van der Waals surface area contributed by atoms with Crippen LogP contribution < -0.4 is 10.6 Å². The number of benzene rings is 1. The van der Waals surface area contributed by atoms with E-state index in [1.54, 1.807) is 31.5 Å². The molecule has 0 aliphatic carbocycles. The quantitative estimate of drug-likeness (QED) is 0.828. The smallest absolute Gasteiger partial charge is 0.265 e. The minimum atomic E-state index is -0.215. The van der Waals surface area contributed by atoms with Gasteiger partial charge in [-0.05, 0) is 43.2 Å². The summed E-state index contributed by atoms with van der Waals surface area (Å²) < 4.78 is 5.44. The Labute approximate surface area is 162 Å². The van der Waals surface area contributed by atoms with Crippen LogP contribution in [0.4, 0.5) is 5.69 Å². The van der Waals surface area contributed by atoms with Crippen LogP contribution >= 0.6 is 11.8 Å². The van der Waals surface area contributed by atoms with E-state index < -0.39 is 0 Å². The summed E-state index contributed by atoms with van der Waals surface area (Å²) in [5.74, 6) is 0.954. The van der Waals surface area contributed by atoms with Crippen molar-refractivity contribution in [3.05, 3.63) is 70.1 Å². The Morgan fingerprint density at radius 1 is 1.22 bits per heavy atom. The van der Waals surface area contributed by atoms with E-state index in [1.807, 2.05) is 25.1 Å². The largest absolute Gasteiger partial charge is 0.496 e. The number of aryl methyl sites for hydroxylation is 1. The van der Waals surface area contributed by atoms with E-state index in [0.717, 1.165) is 16.9 Å². The number of ether oxygens (including phenoxy) is 1. The van der Waals surface area contributed by atoms with Crippen LogP contribution in [0.3, 0.4) is 0 Å². The first kappa shape index (κ1) is 19.0. The maximum absolute atomic E-state index is 12.5. The number of hydrogen-bond acceptors (Lipinski definition) is 5. The average Bonchev–Trinajstić information content (AvgIpc) is 2.69. The standard InChI is InChI=1S/C20H21N3O3S/c1-13-5-6-16(19(24)22-12-15-4-3-7-21-11-15)10-17(13)23-20(25)18-14(2)26-8-9-27-18/h3-7,10-11H,8-9,12H2,1-2H3,(H,22,24)(H,23,25). The molecular weight excluding hydrogens is 362 g/mol. The van der Waals surface area contributed by atoms with Gasteiger partial charge in [-0.15, -0.1) is 11.8 Å². The normalized spacial score (nSPS) is 13.7. The van der Waals surface area contributed by atoms with Gasteiger partial charge < -0.3 is 15.4 Å². The highest BCUT2D eigenvalue weighted by Gasteiger charge is 2.20. The number of nitrogens with zero attached hydrogens (tertiary/aromatic N) is 1. The maximum Gasteiger partial charge on any atom is 0.265 e. The van der Waals surface area contributed by atoms with Crippen LogP contribution in [0.15, 0.2) is 53.4 Å². The second-order valence-corrected chi connectivity index (χ2v) is 7.22. The molecule has 7 heteroatoms. The summed E-state index contributed by atoms with van der Waals surface area (Å²) in [5.41, 5.74) is 2.90. The molecule has 1 aromatic carbocycles. The number of carbonyl (C=O) groups excluding carboxylic acids is 2. The summed E-state index contributed by atoms with van der Waals surface area (Å²) in [6.45, 7) is 4.68. The summed E-state index contributed by atoms with van der Waals surface area (Å²) in [6, 6.07) is 8.97. The molecule has 2 heterocycles. The molecule has 1 aliphatic rings. The van der Waals surface area contributed by atoms with E-state index in [0.29, 0.717) is 35.1 Å². The highest BCUT2D eigenvalue weighted by atomic mass is 32.2. The molecule has 0 saturated heterocycles. The molecule has 0 unspecified atom stereocenters. The topological polar surface area (TPSA) is 80.3 Å². The first-order valence-corrected chi connectivity index (χ1v) is 9.59. The predicted molar refractivity (Wildman–Crippen MR) is 106 cm³/mol. The lowest BCUT2D eigenvalue weighted by Gasteiger charge is -2.18. The molecule has 2 N–H and O–H groups in total. The van der Waals surface area contributed by atoms with Gasteiger partial charge in [-0.25, -0.2) is 0 Å². The number of thioether (sulfide) groups is 1. The van der Waals surface area contributed by atoms with E-state index in [-0.39, 0.29) is 11.8 Å². The lowest BCUT2D eigenvalue weighted by molar-refractivity contribution is -0.112. The van der Waals surface area contributed by atoms with Crippen molar-refractivity contribution in [2.45, 2.75) is 20.4 Å². The highest BCUT2D eigenvalue weighted by Crippen LogP contribution is 2.27. The van der Waals surface area contributed by atoms with Crippen LogP contribution in [-0.4, -0.2) is 29.2 Å². The van der Waals surface area contributed by atoms with Crippen molar-refractivity contribution in [3.63, 3.8) is 0 Å². The second-order valence-electron chi connectivity index (χ2n) is 6.11. The Kier molecular flexibility index (Phi) is 6.13. The van der Waals surface area contributed by atoms with Crippen LogP contribution in [0.25, 0.3) is 0 Å². The zero-order valence-corrected chi connectivity index (χ0v) is 16.1. The van der Waals surface area contributed by atoms with E-state index >= 15 is 0 Å². The maximum atomic E-state index is 12.5. The van der Waals surface area contributed by atoms with Crippen molar-refractivity contribution in [3.8, 4) is 0 Å². The Hall–Kier alpha value is -2.80. The van der Waals surface area contributed by atoms with Gasteiger partial charge >= 0.3 is 0 Å². The third kappa shape index (κ3) is 4.89. The molecule has 0 fully saturated rings. The summed E-state index contributed by atoms with van der Waals surface area (Å²) in [5, 5.41) is 5.75. The van der Waals surface area contributed by atoms with Gasteiger partial charge in [0.25, 0.3) is 11.8 Å². The molecule has 6 nitrogen and oxygen atoms in total. The minimum Gasteiger partial charge on any atom is -0.496 e. The molecule has 2 amide bonds. The fraction of sp³-hybridized carbons (Fsp3) is 0.250. The Morgan fingerprint density at radius 2 is 2.07 bits per heavy atom. The van der Waals surface area contributed by atoms with E-state index in [4.69, 9.17) is 4.74 Å². The van der Waals surface area contributed by atoms with Gasteiger partial charge in [0.05, 0.1) is 6.61 Å². The van der Waals surface area contributed by atoms with Gasteiger partial charge in [-0.3, -0.25) is 14.6 Å².